The summed E-state index contributed by atoms with van der Waals surface area (Å²) in [5.74, 6) is -1.48. The number of carbonyl (C=O) groups is 2. The number of carbonyl (C=O) groups excluding carboxylic acids is 2. The summed E-state index contributed by atoms with van der Waals surface area (Å²) in [6.45, 7) is 1.69. The Hall–Kier alpha value is -2.86. The second kappa shape index (κ2) is 6.80. The largest absolute Gasteiger partial charge is 0.506 e. The lowest BCUT2D eigenvalue weighted by molar-refractivity contribution is -0.139. The summed E-state index contributed by atoms with van der Waals surface area (Å²) < 4.78 is 19.3. The smallest absolute Gasteiger partial charge is 0.310 e. The van der Waals surface area contributed by atoms with Gasteiger partial charge in [0, 0.05) is 16.6 Å². The van der Waals surface area contributed by atoms with E-state index in [4.69, 9.17) is 16.3 Å². The van der Waals surface area contributed by atoms with Gasteiger partial charge in [-0.25, -0.2) is 4.39 Å². The van der Waals surface area contributed by atoms with Crippen LogP contribution in [0.25, 0.3) is 10.9 Å². The Morgan fingerprint density at radius 3 is 2.50 bits per heavy atom. The van der Waals surface area contributed by atoms with Gasteiger partial charge in [0.15, 0.2) is 0 Å². The highest BCUT2D eigenvalue weighted by Gasteiger charge is 2.23. The normalized spacial score (nSPS) is 10.9. The van der Waals surface area contributed by atoms with Crippen molar-refractivity contribution in [1.29, 1.82) is 0 Å². The molecule has 0 spiro atoms. The van der Waals surface area contributed by atoms with Crippen LogP contribution in [0.15, 0.2) is 36.4 Å². The molecule has 3 aromatic rings. The van der Waals surface area contributed by atoms with Gasteiger partial charge < -0.3 is 9.84 Å². The number of halogens is 2. The van der Waals surface area contributed by atoms with Crippen molar-refractivity contribution in [2.24, 2.45) is 0 Å². The first-order valence-corrected chi connectivity index (χ1v) is 8.10. The maximum atomic E-state index is 13.2. The van der Waals surface area contributed by atoms with Gasteiger partial charge in [0.05, 0.1) is 24.1 Å². The summed E-state index contributed by atoms with van der Waals surface area (Å²) >= 11 is 6.01. The molecule has 0 fully saturated rings. The predicted octanol–water partition coefficient (Wildman–Crippen LogP) is 3.85. The number of phenolic OH excluding ortho intramolecular Hbond substituents is 1. The zero-order chi connectivity index (χ0) is 19.0. The molecule has 0 unspecified atom stereocenters. The summed E-state index contributed by atoms with van der Waals surface area (Å²) in [5.41, 5.74) is 1.79. The Balaban J connectivity index is 2.25. The third-order valence-electron chi connectivity index (χ3n) is 4.25. The standard InChI is InChI=1S/C19H15ClFNO4/c1-10-13(8-18(24)26-2)14-7-17(23)15(20)9-16(14)22(10)19(25)11-3-5-12(21)6-4-11/h3-7,9,23H,8H2,1-2H3. The van der Waals surface area contributed by atoms with E-state index in [1.54, 1.807) is 6.92 Å². The Labute approximate surface area is 153 Å². The molecule has 0 aliphatic heterocycles. The minimum atomic E-state index is -0.476. The molecule has 0 saturated heterocycles. The molecule has 0 radical (unpaired) electrons. The van der Waals surface area contributed by atoms with Gasteiger partial charge >= 0.3 is 5.97 Å². The van der Waals surface area contributed by atoms with Gasteiger partial charge in [-0.2, -0.15) is 0 Å². The zero-order valence-corrected chi connectivity index (χ0v) is 14.8. The lowest BCUT2D eigenvalue weighted by Gasteiger charge is -2.08. The zero-order valence-electron chi connectivity index (χ0n) is 14.0. The number of phenols is 1. The van der Waals surface area contributed by atoms with Crippen LogP contribution in [0.2, 0.25) is 5.02 Å². The van der Waals surface area contributed by atoms with Gasteiger partial charge in [0.2, 0.25) is 0 Å². The van der Waals surface area contributed by atoms with E-state index >= 15 is 0 Å². The SMILES string of the molecule is COC(=O)Cc1c(C)n(C(=O)c2ccc(F)cc2)c2cc(Cl)c(O)cc12. The summed E-state index contributed by atoms with van der Waals surface area (Å²) in [6, 6.07) is 8.03. The molecule has 1 aromatic heterocycles. The van der Waals surface area contributed by atoms with Crippen molar-refractivity contribution in [3.05, 3.63) is 64.1 Å². The Kier molecular flexibility index (Phi) is 4.70. The maximum absolute atomic E-state index is 13.2. The number of aromatic nitrogens is 1. The van der Waals surface area contributed by atoms with Crippen LogP contribution in [0, 0.1) is 12.7 Å². The fourth-order valence-corrected chi connectivity index (χ4v) is 3.07. The lowest BCUT2D eigenvalue weighted by atomic mass is 10.1. The molecule has 3 rings (SSSR count). The van der Waals surface area contributed by atoms with Crippen LogP contribution < -0.4 is 0 Å². The van der Waals surface area contributed by atoms with Crippen molar-refractivity contribution >= 4 is 34.4 Å². The first-order valence-electron chi connectivity index (χ1n) is 7.73. The van der Waals surface area contributed by atoms with Gasteiger partial charge in [0.1, 0.15) is 11.6 Å². The Morgan fingerprint density at radius 1 is 1.23 bits per heavy atom. The van der Waals surface area contributed by atoms with Crippen molar-refractivity contribution in [3.63, 3.8) is 0 Å². The number of hydrogen-bond donors (Lipinski definition) is 1. The average Bonchev–Trinajstić information content (AvgIpc) is 2.87. The van der Waals surface area contributed by atoms with E-state index < -0.39 is 17.7 Å². The second-order valence-electron chi connectivity index (χ2n) is 5.79. The van der Waals surface area contributed by atoms with E-state index in [1.807, 2.05) is 0 Å². The molecule has 0 bridgehead atoms. The van der Waals surface area contributed by atoms with Gasteiger partial charge in [-0.05, 0) is 48.9 Å². The van der Waals surface area contributed by atoms with Crippen molar-refractivity contribution in [2.75, 3.05) is 7.11 Å². The molecule has 5 nitrogen and oxygen atoms in total. The molecule has 7 heteroatoms. The van der Waals surface area contributed by atoms with Crippen LogP contribution in [0.4, 0.5) is 4.39 Å². The third-order valence-corrected chi connectivity index (χ3v) is 4.55. The molecule has 0 atom stereocenters. The van der Waals surface area contributed by atoms with Gasteiger partial charge in [-0.1, -0.05) is 11.6 Å². The highest BCUT2D eigenvalue weighted by atomic mass is 35.5. The molecule has 1 N–H and O–H groups in total. The fourth-order valence-electron chi connectivity index (χ4n) is 2.91. The van der Waals surface area contributed by atoms with E-state index in [0.29, 0.717) is 22.2 Å². The second-order valence-corrected chi connectivity index (χ2v) is 6.19. The van der Waals surface area contributed by atoms with E-state index in [2.05, 4.69) is 0 Å². The number of hydrogen-bond acceptors (Lipinski definition) is 4. The maximum Gasteiger partial charge on any atom is 0.310 e. The van der Waals surface area contributed by atoms with Crippen molar-refractivity contribution in [3.8, 4) is 5.75 Å². The van der Waals surface area contributed by atoms with E-state index in [0.717, 1.165) is 0 Å². The van der Waals surface area contributed by atoms with Crippen LogP contribution in [0.1, 0.15) is 21.6 Å². The quantitative estimate of drug-likeness (QED) is 0.706. The van der Waals surface area contributed by atoms with E-state index in [9.17, 15) is 19.1 Å². The highest BCUT2D eigenvalue weighted by molar-refractivity contribution is 6.33. The number of fused-ring (bicyclic) bond motifs is 1. The average molecular weight is 376 g/mol. The molecule has 26 heavy (non-hydrogen) atoms. The predicted molar refractivity (Wildman–Crippen MR) is 95.2 cm³/mol. The molecule has 134 valence electrons. The first-order chi connectivity index (χ1) is 12.3. The molecule has 0 aliphatic rings. The number of benzene rings is 2. The highest BCUT2D eigenvalue weighted by Crippen LogP contribution is 2.35. The fraction of sp³-hybridized carbons (Fsp3) is 0.158. The molecule has 0 amide bonds. The number of esters is 1. The Bertz CT molecular complexity index is 1020. The van der Waals surface area contributed by atoms with Crippen LogP contribution >= 0.6 is 11.6 Å². The van der Waals surface area contributed by atoms with Gasteiger partial charge in [-0.3, -0.25) is 14.2 Å². The summed E-state index contributed by atoms with van der Waals surface area (Å²) in [4.78, 5) is 24.7. The Morgan fingerprint density at radius 2 is 1.88 bits per heavy atom. The molecule has 0 saturated carbocycles. The van der Waals surface area contributed by atoms with Gasteiger partial charge in [0.25, 0.3) is 5.91 Å². The topological polar surface area (TPSA) is 68.5 Å². The summed E-state index contributed by atoms with van der Waals surface area (Å²) in [5, 5.41) is 10.5. The number of rotatable bonds is 3. The van der Waals surface area contributed by atoms with Crippen molar-refractivity contribution in [2.45, 2.75) is 13.3 Å². The van der Waals surface area contributed by atoms with Crippen LogP contribution in [-0.2, 0) is 16.0 Å². The molecular formula is C19H15ClFNO4. The van der Waals surface area contributed by atoms with Crippen molar-refractivity contribution in [1.82, 2.24) is 4.57 Å². The molecular weight excluding hydrogens is 361 g/mol. The first kappa shape index (κ1) is 17.9. The minimum absolute atomic E-state index is 0.0659. The van der Waals surface area contributed by atoms with Crippen LogP contribution in [-0.4, -0.2) is 28.7 Å². The van der Waals surface area contributed by atoms with Gasteiger partial charge in [-0.15, -0.1) is 0 Å². The summed E-state index contributed by atoms with van der Waals surface area (Å²) in [7, 11) is 1.27. The third kappa shape index (κ3) is 3.04. The number of ether oxygens (including phenoxy) is 1. The van der Waals surface area contributed by atoms with E-state index in [1.165, 1.54) is 48.1 Å². The van der Waals surface area contributed by atoms with Crippen LogP contribution in [0.3, 0.4) is 0 Å². The number of aromatic hydroxyl groups is 1. The molecule has 0 aliphatic carbocycles. The lowest BCUT2D eigenvalue weighted by Crippen LogP contribution is -2.14. The minimum Gasteiger partial charge on any atom is -0.506 e. The van der Waals surface area contributed by atoms with Crippen molar-refractivity contribution < 1.29 is 23.8 Å². The molecule has 2 aromatic carbocycles. The van der Waals surface area contributed by atoms with Crippen LogP contribution in [0.5, 0.6) is 5.75 Å². The molecule has 1 heterocycles. The number of methoxy groups -OCH3 is 1. The monoisotopic (exact) mass is 375 g/mol. The number of nitrogens with zero attached hydrogens (tertiary/aromatic N) is 1. The summed E-state index contributed by atoms with van der Waals surface area (Å²) in [6.07, 6.45) is -0.0659. The van der Waals surface area contributed by atoms with E-state index in [-0.39, 0.29) is 22.8 Å².